The van der Waals surface area contributed by atoms with Crippen molar-refractivity contribution in [1.82, 2.24) is 0 Å². The highest BCUT2D eigenvalue weighted by Gasteiger charge is 2.51. The van der Waals surface area contributed by atoms with Gasteiger partial charge in [-0.05, 0) is 31.1 Å². The molecule has 0 amide bonds. The van der Waals surface area contributed by atoms with Crippen LogP contribution in [0.3, 0.4) is 0 Å². The molecule has 0 spiro atoms. The lowest BCUT2D eigenvalue weighted by atomic mass is 9.69. The van der Waals surface area contributed by atoms with Crippen LogP contribution in [0.15, 0.2) is 11.1 Å². The fraction of sp³-hybridized carbons (Fsp3) is 0.786. The lowest BCUT2D eigenvalue weighted by Crippen LogP contribution is -2.41. The normalized spacial score (nSPS) is 33.7. The summed E-state index contributed by atoms with van der Waals surface area (Å²) in [7, 11) is 1.63. The first-order valence-corrected chi connectivity index (χ1v) is 6.29. The SMILES string of the molecule is CO[C@]12CC[C@H](C(C)(C)C)CC1=C(C)C(=O)O2. The molecule has 0 N–H and O–H groups in total. The number of methoxy groups -OCH3 is 1. The smallest absolute Gasteiger partial charge is 0.336 e. The maximum absolute atomic E-state index is 11.7. The first-order valence-electron chi connectivity index (χ1n) is 6.29. The number of hydrogen-bond acceptors (Lipinski definition) is 3. The average Bonchev–Trinajstić information content (AvgIpc) is 2.50. The van der Waals surface area contributed by atoms with Crippen molar-refractivity contribution in [3.05, 3.63) is 11.1 Å². The molecule has 1 heterocycles. The van der Waals surface area contributed by atoms with Crippen molar-refractivity contribution < 1.29 is 14.3 Å². The van der Waals surface area contributed by atoms with Crippen LogP contribution in [-0.4, -0.2) is 18.9 Å². The molecule has 0 aromatic carbocycles. The first kappa shape index (κ1) is 12.6. The molecule has 0 radical (unpaired) electrons. The number of carbonyl (C=O) groups is 1. The van der Waals surface area contributed by atoms with Crippen molar-refractivity contribution in [3.8, 4) is 0 Å². The van der Waals surface area contributed by atoms with E-state index in [0.717, 1.165) is 30.4 Å². The molecule has 0 aromatic rings. The topological polar surface area (TPSA) is 35.5 Å². The Morgan fingerprint density at radius 3 is 2.59 bits per heavy atom. The van der Waals surface area contributed by atoms with E-state index in [1.807, 2.05) is 6.92 Å². The van der Waals surface area contributed by atoms with Crippen LogP contribution < -0.4 is 0 Å². The van der Waals surface area contributed by atoms with Crippen molar-refractivity contribution in [1.29, 1.82) is 0 Å². The molecule has 0 unspecified atom stereocenters. The number of rotatable bonds is 1. The zero-order valence-electron chi connectivity index (χ0n) is 11.4. The van der Waals surface area contributed by atoms with Gasteiger partial charge in [0.2, 0.25) is 5.79 Å². The Morgan fingerprint density at radius 2 is 2.06 bits per heavy atom. The molecule has 3 nitrogen and oxygen atoms in total. The van der Waals surface area contributed by atoms with Crippen LogP contribution in [0.25, 0.3) is 0 Å². The van der Waals surface area contributed by atoms with Crippen LogP contribution in [0.2, 0.25) is 0 Å². The van der Waals surface area contributed by atoms with Crippen molar-refractivity contribution in [2.24, 2.45) is 11.3 Å². The number of ether oxygens (including phenoxy) is 2. The summed E-state index contributed by atoms with van der Waals surface area (Å²) in [6.45, 7) is 8.62. The standard InChI is InChI=1S/C14H22O3/c1-9-11-8-10(13(2,3)4)6-7-14(11,16-5)17-12(9)15/h10H,6-8H2,1-5H3/t10-,14-/m0/s1. The molecular formula is C14H22O3. The summed E-state index contributed by atoms with van der Waals surface area (Å²) in [5, 5.41) is 0. The molecule has 2 aliphatic rings. The van der Waals surface area contributed by atoms with E-state index in [1.165, 1.54) is 0 Å². The quantitative estimate of drug-likeness (QED) is 0.659. The molecule has 1 fully saturated rings. The van der Waals surface area contributed by atoms with Crippen LogP contribution in [0.5, 0.6) is 0 Å². The van der Waals surface area contributed by atoms with E-state index in [-0.39, 0.29) is 11.4 Å². The van der Waals surface area contributed by atoms with Gasteiger partial charge in [0.25, 0.3) is 0 Å². The van der Waals surface area contributed by atoms with Crippen LogP contribution in [-0.2, 0) is 14.3 Å². The van der Waals surface area contributed by atoms with Gasteiger partial charge >= 0.3 is 5.97 Å². The molecule has 0 bridgehead atoms. The largest absolute Gasteiger partial charge is 0.426 e. The lowest BCUT2D eigenvalue weighted by Gasteiger charge is -2.41. The minimum atomic E-state index is -0.747. The van der Waals surface area contributed by atoms with Gasteiger partial charge in [0.15, 0.2) is 0 Å². The third-order valence-corrected chi connectivity index (χ3v) is 4.30. The van der Waals surface area contributed by atoms with Crippen molar-refractivity contribution in [2.75, 3.05) is 7.11 Å². The second-order valence-corrected chi connectivity index (χ2v) is 6.26. The highest BCUT2D eigenvalue weighted by molar-refractivity contribution is 5.92. The molecule has 1 saturated carbocycles. The van der Waals surface area contributed by atoms with Gasteiger partial charge in [0, 0.05) is 24.7 Å². The van der Waals surface area contributed by atoms with Gasteiger partial charge in [-0.15, -0.1) is 0 Å². The molecule has 1 aliphatic heterocycles. The first-order chi connectivity index (χ1) is 7.80. The summed E-state index contributed by atoms with van der Waals surface area (Å²) in [6, 6.07) is 0. The van der Waals surface area contributed by atoms with Crippen LogP contribution in [0, 0.1) is 11.3 Å². The van der Waals surface area contributed by atoms with Crippen molar-refractivity contribution in [2.45, 2.75) is 52.7 Å². The van der Waals surface area contributed by atoms with Gasteiger partial charge in [0.05, 0.1) is 0 Å². The van der Waals surface area contributed by atoms with Crippen LogP contribution >= 0.6 is 0 Å². The van der Waals surface area contributed by atoms with E-state index in [4.69, 9.17) is 9.47 Å². The van der Waals surface area contributed by atoms with Crippen LogP contribution in [0.4, 0.5) is 0 Å². The Bertz CT molecular complexity index is 375. The number of hydrogen-bond donors (Lipinski definition) is 0. The molecule has 2 atom stereocenters. The Labute approximate surface area is 103 Å². The summed E-state index contributed by atoms with van der Waals surface area (Å²) in [4.78, 5) is 11.7. The monoisotopic (exact) mass is 238 g/mol. The molecule has 0 saturated heterocycles. The van der Waals surface area contributed by atoms with E-state index >= 15 is 0 Å². The molecule has 2 rings (SSSR count). The third-order valence-electron chi connectivity index (χ3n) is 4.30. The second-order valence-electron chi connectivity index (χ2n) is 6.26. The summed E-state index contributed by atoms with van der Waals surface area (Å²) in [5.41, 5.74) is 2.08. The molecule has 3 heteroatoms. The molecule has 1 aliphatic carbocycles. The summed E-state index contributed by atoms with van der Waals surface area (Å²) >= 11 is 0. The molecular weight excluding hydrogens is 216 g/mol. The molecule has 96 valence electrons. The van der Waals surface area contributed by atoms with Crippen LogP contribution in [0.1, 0.15) is 47.0 Å². The zero-order chi connectivity index (χ0) is 12.8. The summed E-state index contributed by atoms with van der Waals surface area (Å²) in [6.07, 6.45) is 2.74. The maximum Gasteiger partial charge on any atom is 0.336 e. The highest BCUT2D eigenvalue weighted by atomic mass is 16.7. The van der Waals surface area contributed by atoms with Gasteiger partial charge in [0.1, 0.15) is 0 Å². The van der Waals surface area contributed by atoms with E-state index in [1.54, 1.807) is 7.11 Å². The predicted molar refractivity (Wildman–Crippen MR) is 65.3 cm³/mol. The van der Waals surface area contributed by atoms with Gasteiger partial charge in [-0.2, -0.15) is 0 Å². The Kier molecular flexibility index (Phi) is 2.85. The van der Waals surface area contributed by atoms with Gasteiger partial charge in [-0.3, -0.25) is 0 Å². The average molecular weight is 238 g/mol. The Morgan fingerprint density at radius 1 is 1.41 bits per heavy atom. The Balaban J connectivity index is 2.32. The number of carbonyl (C=O) groups excluding carboxylic acids is 1. The van der Waals surface area contributed by atoms with E-state index in [0.29, 0.717) is 5.92 Å². The van der Waals surface area contributed by atoms with Gasteiger partial charge in [-0.25, -0.2) is 4.79 Å². The molecule has 0 aromatic heterocycles. The zero-order valence-corrected chi connectivity index (χ0v) is 11.4. The Hall–Kier alpha value is -0.830. The summed E-state index contributed by atoms with van der Waals surface area (Å²) < 4.78 is 10.9. The second kappa shape index (κ2) is 3.84. The summed E-state index contributed by atoms with van der Waals surface area (Å²) in [5.74, 6) is -0.371. The number of fused-ring (bicyclic) bond motifs is 1. The maximum atomic E-state index is 11.7. The lowest BCUT2D eigenvalue weighted by molar-refractivity contribution is -0.202. The predicted octanol–water partition coefficient (Wildman–Crippen LogP) is 3.05. The van der Waals surface area contributed by atoms with E-state index < -0.39 is 5.79 Å². The fourth-order valence-electron chi connectivity index (χ4n) is 2.93. The number of esters is 1. The minimum absolute atomic E-state index is 0.212. The van der Waals surface area contributed by atoms with Crippen molar-refractivity contribution in [3.63, 3.8) is 0 Å². The fourth-order valence-corrected chi connectivity index (χ4v) is 2.93. The van der Waals surface area contributed by atoms with Gasteiger partial charge < -0.3 is 9.47 Å². The van der Waals surface area contributed by atoms with E-state index in [9.17, 15) is 4.79 Å². The minimum Gasteiger partial charge on any atom is -0.426 e. The third kappa shape index (κ3) is 1.90. The van der Waals surface area contributed by atoms with Crippen molar-refractivity contribution >= 4 is 5.97 Å². The van der Waals surface area contributed by atoms with Gasteiger partial charge in [-0.1, -0.05) is 20.8 Å². The highest BCUT2D eigenvalue weighted by Crippen LogP contribution is 2.50. The van der Waals surface area contributed by atoms with E-state index in [2.05, 4.69) is 20.8 Å². The molecule has 17 heavy (non-hydrogen) atoms.